The first kappa shape index (κ1) is 24.4. The van der Waals surface area contributed by atoms with Crippen LogP contribution < -0.4 is 10.6 Å². The molecule has 2 aromatic carbocycles. The second kappa shape index (κ2) is 10.4. The van der Waals surface area contributed by atoms with Crippen molar-refractivity contribution in [1.82, 2.24) is 10.2 Å². The van der Waals surface area contributed by atoms with E-state index in [1.54, 1.807) is 12.1 Å². The molecule has 0 aliphatic heterocycles. The summed E-state index contributed by atoms with van der Waals surface area (Å²) in [5.41, 5.74) is 1.14. The minimum absolute atomic E-state index is 0.0899. The first-order valence-corrected chi connectivity index (χ1v) is 10.1. The van der Waals surface area contributed by atoms with E-state index in [0.29, 0.717) is 12.1 Å². The number of carbonyl (C=O) groups excluding carboxylic acids is 2. The maximum absolute atomic E-state index is 13.3. The van der Waals surface area contributed by atoms with E-state index < -0.39 is 23.6 Å². The lowest BCUT2D eigenvalue weighted by Crippen LogP contribution is -2.31. The second-order valence-electron chi connectivity index (χ2n) is 7.70. The van der Waals surface area contributed by atoms with Gasteiger partial charge in [0.25, 0.3) is 11.8 Å². The van der Waals surface area contributed by atoms with Gasteiger partial charge in [-0.15, -0.1) is 0 Å². The van der Waals surface area contributed by atoms with Crippen molar-refractivity contribution in [3.8, 4) is 0 Å². The van der Waals surface area contributed by atoms with Crippen molar-refractivity contribution < 1.29 is 22.8 Å². The van der Waals surface area contributed by atoms with Gasteiger partial charge in [0, 0.05) is 29.9 Å². The van der Waals surface area contributed by atoms with Gasteiger partial charge < -0.3 is 15.5 Å². The van der Waals surface area contributed by atoms with E-state index in [4.69, 9.17) is 0 Å². The molecule has 0 radical (unpaired) electrons. The fourth-order valence-corrected chi connectivity index (χ4v) is 3.08. The van der Waals surface area contributed by atoms with Gasteiger partial charge in [-0.1, -0.05) is 19.4 Å². The normalized spacial score (nSPS) is 11.5. The fourth-order valence-electron chi connectivity index (χ4n) is 3.08. The molecule has 2 aromatic rings. The SMILES string of the molecule is CCCc1ccc(C(=O)Nc2cc(C(=O)NCCN(C)C)cc(C(F)(F)F)c2)cc1C. The Morgan fingerprint density at radius 1 is 1.00 bits per heavy atom. The minimum atomic E-state index is -4.65. The first-order chi connectivity index (χ1) is 14.5. The van der Waals surface area contributed by atoms with Gasteiger partial charge in [-0.3, -0.25) is 9.59 Å². The zero-order valence-electron chi connectivity index (χ0n) is 18.2. The highest BCUT2D eigenvalue weighted by Crippen LogP contribution is 2.32. The molecular formula is C23H28F3N3O2. The molecule has 0 atom stereocenters. The maximum atomic E-state index is 13.3. The van der Waals surface area contributed by atoms with Crippen molar-refractivity contribution in [2.24, 2.45) is 0 Å². The number of anilines is 1. The molecule has 0 aliphatic carbocycles. The standard InChI is InChI=1S/C23H28F3N3O2/c1-5-6-16-7-8-17(11-15(16)2)22(31)28-20-13-18(12-19(14-20)23(24,25)26)21(30)27-9-10-29(3)4/h7-8,11-14H,5-6,9-10H2,1-4H3,(H,27,30)(H,28,31). The number of likely N-dealkylation sites (N-methyl/N-ethyl adjacent to an activating group) is 1. The molecule has 0 saturated heterocycles. The Hall–Kier alpha value is -2.87. The number of nitrogens with zero attached hydrogens (tertiary/aromatic N) is 1. The van der Waals surface area contributed by atoms with Crippen LogP contribution in [-0.2, 0) is 12.6 Å². The van der Waals surface area contributed by atoms with E-state index in [-0.39, 0.29) is 17.8 Å². The lowest BCUT2D eigenvalue weighted by molar-refractivity contribution is -0.137. The highest BCUT2D eigenvalue weighted by Gasteiger charge is 2.32. The third-order valence-corrected chi connectivity index (χ3v) is 4.75. The Labute approximate surface area is 180 Å². The van der Waals surface area contributed by atoms with Crippen LogP contribution in [0.2, 0.25) is 0 Å². The summed E-state index contributed by atoms with van der Waals surface area (Å²) in [6.07, 6.45) is -2.80. The molecule has 0 heterocycles. The number of hydrogen-bond donors (Lipinski definition) is 2. The third kappa shape index (κ3) is 7.10. The highest BCUT2D eigenvalue weighted by molar-refractivity contribution is 6.05. The number of carbonyl (C=O) groups is 2. The van der Waals surface area contributed by atoms with Crippen LogP contribution in [0, 0.1) is 6.92 Å². The van der Waals surface area contributed by atoms with E-state index >= 15 is 0 Å². The van der Waals surface area contributed by atoms with Crippen LogP contribution >= 0.6 is 0 Å². The first-order valence-electron chi connectivity index (χ1n) is 10.1. The average Bonchev–Trinajstić information content (AvgIpc) is 2.68. The zero-order chi connectivity index (χ0) is 23.2. The molecular weight excluding hydrogens is 407 g/mol. The summed E-state index contributed by atoms with van der Waals surface area (Å²) in [6.45, 7) is 4.78. The van der Waals surface area contributed by atoms with Crippen LogP contribution in [0.25, 0.3) is 0 Å². The van der Waals surface area contributed by atoms with E-state index in [1.165, 1.54) is 6.07 Å². The Morgan fingerprint density at radius 3 is 2.29 bits per heavy atom. The van der Waals surface area contributed by atoms with Crippen LogP contribution in [0.1, 0.15) is 50.8 Å². The van der Waals surface area contributed by atoms with Crippen molar-refractivity contribution >= 4 is 17.5 Å². The molecule has 5 nitrogen and oxygen atoms in total. The second-order valence-corrected chi connectivity index (χ2v) is 7.70. The highest BCUT2D eigenvalue weighted by atomic mass is 19.4. The Bertz CT molecular complexity index is 940. The summed E-state index contributed by atoms with van der Waals surface area (Å²) >= 11 is 0. The average molecular weight is 435 g/mol. The molecule has 0 fully saturated rings. The molecule has 2 amide bonds. The van der Waals surface area contributed by atoms with Gasteiger partial charge >= 0.3 is 6.18 Å². The molecule has 0 saturated carbocycles. The summed E-state index contributed by atoms with van der Waals surface area (Å²) in [5, 5.41) is 5.08. The summed E-state index contributed by atoms with van der Waals surface area (Å²) in [7, 11) is 3.64. The summed E-state index contributed by atoms with van der Waals surface area (Å²) in [4.78, 5) is 26.8. The fraction of sp³-hybridized carbons (Fsp3) is 0.391. The topological polar surface area (TPSA) is 61.4 Å². The van der Waals surface area contributed by atoms with Crippen molar-refractivity contribution in [3.05, 3.63) is 64.2 Å². The summed E-state index contributed by atoms with van der Waals surface area (Å²) in [5.74, 6) is -1.17. The molecule has 168 valence electrons. The van der Waals surface area contributed by atoms with E-state index in [1.807, 2.05) is 32.0 Å². The van der Waals surface area contributed by atoms with Crippen molar-refractivity contribution in [3.63, 3.8) is 0 Å². The number of rotatable bonds is 8. The predicted molar refractivity (Wildman–Crippen MR) is 115 cm³/mol. The number of halogens is 3. The minimum Gasteiger partial charge on any atom is -0.351 e. The number of aryl methyl sites for hydroxylation is 2. The third-order valence-electron chi connectivity index (χ3n) is 4.75. The van der Waals surface area contributed by atoms with Crippen molar-refractivity contribution in [2.45, 2.75) is 32.9 Å². The Morgan fingerprint density at radius 2 is 1.71 bits per heavy atom. The summed E-state index contributed by atoms with van der Waals surface area (Å²) in [6, 6.07) is 8.07. The van der Waals surface area contributed by atoms with E-state index in [2.05, 4.69) is 17.6 Å². The van der Waals surface area contributed by atoms with Gasteiger partial charge in [-0.25, -0.2) is 0 Å². The molecule has 0 aromatic heterocycles. The van der Waals surface area contributed by atoms with Crippen LogP contribution in [0.15, 0.2) is 36.4 Å². The van der Waals surface area contributed by atoms with Gasteiger partial charge in [-0.05, 0) is 68.9 Å². The van der Waals surface area contributed by atoms with Crippen molar-refractivity contribution in [2.75, 3.05) is 32.5 Å². The molecule has 0 unspecified atom stereocenters. The smallest absolute Gasteiger partial charge is 0.351 e. The zero-order valence-corrected chi connectivity index (χ0v) is 18.2. The number of benzene rings is 2. The van der Waals surface area contributed by atoms with E-state index in [9.17, 15) is 22.8 Å². The largest absolute Gasteiger partial charge is 0.416 e. The summed E-state index contributed by atoms with van der Waals surface area (Å²) < 4.78 is 40.0. The predicted octanol–water partition coefficient (Wildman–Crippen LogP) is 4.51. The number of hydrogen-bond acceptors (Lipinski definition) is 3. The van der Waals surface area contributed by atoms with Crippen LogP contribution in [0.3, 0.4) is 0 Å². The molecule has 31 heavy (non-hydrogen) atoms. The van der Waals surface area contributed by atoms with Gasteiger partial charge in [0.1, 0.15) is 0 Å². The van der Waals surface area contributed by atoms with Crippen molar-refractivity contribution in [1.29, 1.82) is 0 Å². The van der Waals surface area contributed by atoms with Gasteiger partial charge in [0.05, 0.1) is 5.56 Å². The Balaban J connectivity index is 2.27. The molecule has 2 N–H and O–H groups in total. The quantitative estimate of drug-likeness (QED) is 0.641. The Kier molecular flexibility index (Phi) is 8.21. The van der Waals surface area contributed by atoms with Crippen LogP contribution in [0.4, 0.5) is 18.9 Å². The van der Waals surface area contributed by atoms with E-state index in [0.717, 1.165) is 36.1 Å². The van der Waals surface area contributed by atoms with Crippen LogP contribution in [0.5, 0.6) is 0 Å². The molecule has 2 rings (SSSR count). The number of amides is 2. The van der Waals surface area contributed by atoms with Gasteiger partial charge in [-0.2, -0.15) is 13.2 Å². The lowest BCUT2D eigenvalue weighted by Gasteiger charge is -2.15. The molecule has 0 bridgehead atoms. The van der Waals surface area contributed by atoms with Crippen LogP contribution in [-0.4, -0.2) is 43.9 Å². The monoisotopic (exact) mass is 435 g/mol. The number of nitrogens with one attached hydrogen (secondary N) is 2. The lowest BCUT2D eigenvalue weighted by atomic mass is 10.0. The molecule has 8 heteroatoms. The van der Waals surface area contributed by atoms with Gasteiger partial charge in [0.2, 0.25) is 0 Å². The maximum Gasteiger partial charge on any atom is 0.416 e. The molecule has 0 spiro atoms. The molecule has 0 aliphatic rings. The van der Waals surface area contributed by atoms with Gasteiger partial charge in [0.15, 0.2) is 0 Å². The number of alkyl halides is 3.